The number of rotatable bonds is 5. The molecule has 0 heterocycles. The summed E-state index contributed by atoms with van der Waals surface area (Å²) in [5.74, 6) is 0.714. The number of benzene rings is 2. The number of hydrogen-bond donors (Lipinski definition) is 1. The van der Waals surface area contributed by atoms with E-state index >= 15 is 0 Å². The van der Waals surface area contributed by atoms with Crippen LogP contribution in [0.5, 0.6) is 0 Å². The molecule has 0 radical (unpaired) electrons. The van der Waals surface area contributed by atoms with Gasteiger partial charge >= 0.3 is 0 Å². The maximum atomic E-state index is 10.0. The van der Waals surface area contributed by atoms with Gasteiger partial charge in [-0.1, -0.05) is 52.3 Å². The predicted molar refractivity (Wildman–Crippen MR) is 81.0 cm³/mol. The normalized spacial score (nSPS) is 12.3. The molecule has 0 bridgehead atoms. The van der Waals surface area contributed by atoms with Crippen LogP contribution in [0.15, 0.2) is 64.0 Å². The van der Waals surface area contributed by atoms with E-state index in [1.807, 2.05) is 42.5 Å². The average molecular weight is 323 g/mol. The second-order valence-corrected chi connectivity index (χ2v) is 6.12. The Bertz CT molecular complexity index is 487. The first kappa shape index (κ1) is 13.7. The Labute approximate surface area is 120 Å². The van der Waals surface area contributed by atoms with Gasteiger partial charge in [0.25, 0.3) is 0 Å². The monoisotopic (exact) mass is 322 g/mol. The van der Waals surface area contributed by atoms with E-state index in [2.05, 4.69) is 28.1 Å². The van der Waals surface area contributed by atoms with Crippen LogP contribution in [0.3, 0.4) is 0 Å². The molecule has 1 nitrogen and oxygen atoms in total. The van der Waals surface area contributed by atoms with Crippen molar-refractivity contribution >= 4 is 27.7 Å². The zero-order chi connectivity index (χ0) is 12.8. The molecule has 0 aromatic heterocycles. The van der Waals surface area contributed by atoms with Crippen molar-refractivity contribution < 1.29 is 5.11 Å². The van der Waals surface area contributed by atoms with Crippen molar-refractivity contribution in [2.24, 2.45) is 0 Å². The highest BCUT2D eigenvalue weighted by Gasteiger charge is 2.06. The standard InChI is InChI=1S/C15H15BrOS/c16-13-7-4-8-15(10-13)18-11-14(17)9-12-5-2-1-3-6-12/h1-8,10,14,17H,9,11H2. The summed E-state index contributed by atoms with van der Waals surface area (Å²) >= 11 is 5.13. The van der Waals surface area contributed by atoms with Crippen molar-refractivity contribution in [1.29, 1.82) is 0 Å². The molecule has 0 amide bonds. The molecule has 1 atom stereocenters. The summed E-state index contributed by atoms with van der Waals surface area (Å²) in [6.45, 7) is 0. The predicted octanol–water partition coefficient (Wildman–Crippen LogP) is 4.14. The Balaban J connectivity index is 1.83. The molecular weight excluding hydrogens is 308 g/mol. The highest BCUT2D eigenvalue weighted by molar-refractivity contribution is 9.10. The molecule has 2 aromatic carbocycles. The van der Waals surface area contributed by atoms with Crippen LogP contribution < -0.4 is 0 Å². The highest BCUT2D eigenvalue weighted by Crippen LogP contribution is 2.23. The molecular formula is C15H15BrOS. The van der Waals surface area contributed by atoms with E-state index < -0.39 is 0 Å². The van der Waals surface area contributed by atoms with Crippen molar-refractivity contribution in [2.45, 2.75) is 17.4 Å². The van der Waals surface area contributed by atoms with Crippen LogP contribution in [0.25, 0.3) is 0 Å². The van der Waals surface area contributed by atoms with Gasteiger partial charge in [0.05, 0.1) is 6.10 Å². The third-order valence-corrected chi connectivity index (χ3v) is 4.18. The minimum Gasteiger partial charge on any atom is -0.392 e. The third-order valence-electron chi connectivity index (χ3n) is 2.55. The van der Waals surface area contributed by atoms with E-state index in [1.165, 1.54) is 10.5 Å². The third kappa shape index (κ3) is 4.48. The molecule has 2 rings (SSSR count). The van der Waals surface area contributed by atoms with Crippen LogP contribution in [0.4, 0.5) is 0 Å². The topological polar surface area (TPSA) is 20.2 Å². The molecule has 94 valence electrons. The largest absolute Gasteiger partial charge is 0.392 e. The van der Waals surface area contributed by atoms with E-state index in [-0.39, 0.29) is 6.10 Å². The van der Waals surface area contributed by atoms with Crippen LogP contribution >= 0.6 is 27.7 Å². The quantitative estimate of drug-likeness (QED) is 0.835. The molecule has 0 aliphatic heterocycles. The number of aliphatic hydroxyl groups is 1. The van der Waals surface area contributed by atoms with Crippen LogP contribution in [-0.4, -0.2) is 17.0 Å². The van der Waals surface area contributed by atoms with E-state index in [1.54, 1.807) is 11.8 Å². The summed E-state index contributed by atoms with van der Waals surface area (Å²) in [7, 11) is 0. The van der Waals surface area contributed by atoms with E-state index in [0.29, 0.717) is 12.2 Å². The molecule has 3 heteroatoms. The lowest BCUT2D eigenvalue weighted by molar-refractivity contribution is 0.200. The van der Waals surface area contributed by atoms with Gasteiger partial charge in [-0.15, -0.1) is 11.8 Å². The summed E-state index contributed by atoms with van der Waals surface area (Å²) < 4.78 is 1.07. The lowest BCUT2D eigenvalue weighted by atomic mass is 10.1. The average Bonchev–Trinajstić information content (AvgIpc) is 2.38. The van der Waals surface area contributed by atoms with Crippen LogP contribution in [0, 0.1) is 0 Å². The van der Waals surface area contributed by atoms with Crippen LogP contribution in [0.2, 0.25) is 0 Å². The lowest BCUT2D eigenvalue weighted by Crippen LogP contribution is -2.13. The summed E-state index contributed by atoms with van der Waals surface area (Å²) in [5.41, 5.74) is 1.18. The lowest BCUT2D eigenvalue weighted by Gasteiger charge is -2.10. The van der Waals surface area contributed by atoms with Gasteiger partial charge in [0.2, 0.25) is 0 Å². The minimum absolute atomic E-state index is 0.309. The zero-order valence-electron chi connectivity index (χ0n) is 9.92. The van der Waals surface area contributed by atoms with Gasteiger partial charge in [0, 0.05) is 15.1 Å². The van der Waals surface area contributed by atoms with Crippen molar-refractivity contribution in [3.8, 4) is 0 Å². The summed E-state index contributed by atoms with van der Waals surface area (Å²) in [6, 6.07) is 18.2. The fraction of sp³-hybridized carbons (Fsp3) is 0.200. The molecule has 0 saturated heterocycles. The number of halogens is 1. The Hall–Kier alpha value is -0.770. The van der Waals surface area contributed by atoms with Crippen LogP contribution in [0.1, 0.15) is 5.56 Å². The number of hydrogen-bond acceptors (Lipinski definition) is 2. The van der Waals surface area contributed by atoms with Gasteiger partial charge in [-0.05, 0) is 30.2 Å². The van der Waals surface area contributed by atoms with Gasteiger partial charge in [-0.3, -0.25) is 0 Å². The minimum atomic E-state index is -0.309. The number of thioether (sulfide) groups is 1. The fourth-order valence-electron chi connectivity index (χ4n) is 1.69. The molecule has 0 aliphatic rings. The molecule has 0 fully saturated rings. The van der Waals surface area contributed by atoms with Gasteiger partial charge in [-0.2, -0.15) is 0 Å². The molecule has 2 aromatic rings. The van der Waals surface area contributed by atoms with Gasteiger partial charge in [-0.25, -0.2) is 0 Å². The summed E-state index contributed by atoms with van der Waals surface area (Å²) in [4.78, 5) is 1.18. The van der Waals surface area contributed by atoms with E-state index in [4.69, 9.17) is 0 Å². The Kier molecular flexibility index (Phi) is 5.29. The van der Waals surface area contributed by atoms with E-state index in [9.17, 15) is 5.11 Å². The molecule has 0 spiro atoms. The second-order valence-electron chi connectivity index (χ2n) is 4.11. The molecule has 1 unspecified atom stereocenters. The summed E-state index contributed by atoms with van der Waals surface area (Å²) in [6.07, 6.45) is 0.401. The molecule has 1 N–H and O–H groups in total. The summed E-state index contributed by atoms with van der Waals surface area (Å²) in [5, 5.41) is 10.0. The van der Waals surface area contributed by atoms with E-state index in [0.717, 1.165) is 4.47 Å². The van der Waals surface area contributed by atoms with Gasteiger partial charge < -0.3 is 5.11 Å². The first-order valence-electron chi connectivity index (χ1n) is 5.84. The highest BCUT2D eigenvalue weighted by atomic mass is 79.9. The maximum absolute atomic E-state index is 10.0. The second kappa shape index (κ2) is 6.98. The molecule has 0 aliphatic carbocycles. The Morgan fingerprint density at radius 1 is 1.06 bits per heavy atom. The Morgan fingerprint density at radius 2 is 1.83 bits per heavy atom. The van der Waals surface area contributed by atoms with Gasteiger partial charge in [0.1, 0.15) is 0 Å². The molecule has 0 saturated carbocycles. The molecule has 18 heavy (non-hydrogen) atoms. The fourth-order valence-corrected chi connectivity index (χ4v) is 3.13. The van der Waals surface area contributed by atoms with Crippen molar-refractivity contribution in [3.05, 3.63) is 64.6 Å². The zero-order valence-corrected chi connectivity index (χ0v) is 12.3. The Morgan fingerprint density at radius 3 is 2.56 bits per heavy atom. The SMILES string of the molecule is OC(CSc1cccc(Br)c1)Cc1ccccc1. The maximum Gasteiger partial charge on any atom is 0.0674 e. The first-order chi connectivity index (χ1) is 8.74. The van der Waals surface area contributed by atoms with Crippen molar-refractivity contribution in [2.75, 3.05) is 5.75 Å². The number of aliphatic hydroxyl groups excluding tert-OH is 1. The van der Waals surface area contributed by atoms with Crippen molar-refractivity contribution in [3.63, 3.8) is 0 Å². The van der Waals surface area contributed by atoms with Crippen LogP contribution in [-0.2, 0) is 6.42 Å². The van der Waals surface area contributed by atoms with Gasteiger partial charge in [0.15, 0.2) is 0 Å². The van der Waals surface area contributed by atoms with Crippen molar-refractivity contribution in [1.82, 2.24) is 0 Å². The first-order valence-corrected chi connectivity index (χ1v) is 7.62. The smallest absolute Gasteiger partial charge is 0.0674 e.